The second-order valence-corrected chi connectivity index (χ2v) is 7.21. The molecule has 2 aliphatic rings. The number of carbonyl (C=O) groups is 2. The number of para-hydroxylation sites is 1. The summed E-state index contributed by atoms with van der Waals surface area (Å²) < 4.78 is 0. The Kier molecular flexibility index (Phi) is 5.10. The minimum Gasteiger partial charge on any atom is -0.376 e. The molecule has 0 aliphatic carbocycles. The second kappa shape index (κ2) is 7.82. The fraction of sp³-hybridized carbons (Fsp3) is 0.364. The summed E-state index contributed by atoms with van der Waals surface area (Å²) in [7, 11) is 0. The monoisotopic (exact) mass is 363 g/mol. The van der Waals surface area contributed by atoms with E-state index >= 15 is 0 Å². The van der Waals surface area contributed by atoms with E-state index in [1.165, 1.54) is 12.0 Å². The third-order valence-electron chi connectivity index (χ3n) is 5.38. The zero-order valence-corrected chi connectivity index (χ0v) is 15.5. The average Bonchev–Trinajstić information content (AvgIpc) is 3.16. The van der Waals surface area contributed by atoms with Crippen molar-refractivity contribution >= 4 is 23.2 Å². The number of carbonyl (C=O) groups excluding carboxylic acids is 2. The molecule has 5 nitrogen and oxygen atoms in total. The number of fused-ring (bicyclic) bond motifs is 1. The summed E-state index contributed by atoms with van der Waals surface area (Å²) in [6.45, 7) is 2.62. The van der Waals surface area contributed by atoms with E-state index in [0.717, 1.165) is 50.3 Å². The molecule has 2 aliphatic heterocycles. The quantitative estimate of drug-likeness (QED) is 0.907. The van der Waals surface area contributed by atoms with Gasteiger partial charge in [-0.1, -0.05) is 24.3 Å². The molecule has 2 aromatic carbocycles. The second-order valence-electron chi connectivity index (χ2n) is 7.21. The molecule has 0 radical (unpaired) electrons. The molecule has 5 heteroatoms. The van der Waals surface area contributed by atoms with Crippen LogP contribution in [0.5, 0.6) is 0 Å². The van der Waals surface area contributed by atoms with E-state index in [4.69, 9.17) is 0 Å². The van der Waals surface area contributed by atoms with Crippen molar-refractivity contribution in [2.75, 3.05) is 36.4 Å². The lowest BCUT2D eigenvalue weighted by Crippen LogP contribution is -2.35. The molecule has 0 saturated carbocycles. The molecule has 1 saturated heterocycles. The zero-order valence-electron chi connectivity index (χ0n) is 15.5. The first kappa shape index (κ1) is 17.6. The number of amides is 2. The van der Waals surface area contributed by atoms with Crippen LogP contribution in [0.15, 0.2) is 48.5 Å². The molecule has 0 aromatic heterocycles. The molecule has 0 spiro atoms. The Balaban J connectivity index is 1.39. The summed E-state index contributed by atoms with van der Waals surface area (Å²) in [6, 6.07) is 15.5. The largest absolute Gasteiger partial charge is 0.376 e. The van der Waals surface area contributed by atoms with Crippen molar-refractivity contribution in [3.8, 4) is 0 Å². The molecule has 0 atom stereocenters. The molecule has 2 aromatic rings. The topological polar surface area (TPSA) is 52.7 Å². The number of hydrogen-bond donors (Lipinski definition) is 1. The number of benzene rings is 2. The summed E-state index contributed by atoms with van der Waals surface area (Å²) in [4.78, 5) is 29.1. The van der Waals surface area contributed by atoms with E-state index in [1.54, 1.807) is 0 Å². The first-order chi connectivity index (χ1) is 13.2. The smallest absolute Gasteiger partial charge is 0.253 e. The fourth-order valence-corrected chi connectivity index (χ4v) is 3.91. The Labute approximate surface area is 160 Å². The Morgan fingerprint density at radius 1 is 0.926 bits per heavy atom. The van der Waals surface area contributed by atoms with Gasteiger partial charge in [0.05, 0.1) is 6.54 Å². The summed E-state index contributed by atoms with van der Waals surface area (Å²) in [5, 5.41) is 3.19. The van der Waals surface area contributed by atoms with Crippen molar-refractivity contribution in [2.45, 2.75) is 25.7 Å². The van der Waals surface area contributed by atoms with Gasteiger partial charge < -0.3 is 15.1 Å². The summed E-state index contributed by atoms with van der Waals surface area (Å²) in [5.74, 6) is 0.130. The molecular weight excluding hydrogens is 338 g/mol. The molecule has 4 rings (SSSR count). The number of nitrogens with one attached hydrogen (secondary N) is 1. The van der Waals surface area contributed by atoms with Gasteiger partial charge in [0.2, 0.25) is 5.91 Å². The molecular formula is C22H25N3O2. The van der Waals surface area contributed by atoms with Gasteiger partial charge in [-0.15, -0.1) is 0 Å². The minimum atomic E-state index is 0.0488. The minimum absolute atomic E-state index is 0.0488. The first-order valence-electron chi connectivity index (χ1n) is 9.74. The van der Waals surface area contributed by atoms with E-state index in [9.17, 15) is 9.59 Å². The van der Waals surface area contributed by atoms with Gasteiger partial charge in [-0.3, -0.25) is 9.59 Å². The van der Waals surface area contributed by atoms with Gasteiger partial charge in [-0.25, -0.2) is 0 Å². The van der Waals surface area contributed by atoms with E-state index in [2.05, 4.69) is 11.4 Å². The van der Waals surface area contributed by atoms with Crippen LogP contribution in [0.1, 0.15) is 35.2 Å². The van der Waals surface area contributed by atoms with Gasteiger partial charge in [0.25, 0.3) is 5.91 Å². The van der Waals surface area contributed by atoms with Crippen LogP contribution in [0, 0.1) is 0 Å². The van der Waals surface area contributed by atoms with Crippen LogP contribution in [0.2, 0.25) is 0 Å². The van der Waals surface area contributed by atoms with E-state index in [-0.39, 0.29) is 18.4 Å². The normalized spacial score (nSPS) is 16.1. The highest BCUT2D eigenvalue weighted by molar-refractivity contribution is 5.98. The van der Waals surface area contributed by atoms with Gasteiger partial charge in [0.15, 0.2) is 0 Å². The summed E-state index contributed by atoms with van der Waals surface area (Å²) in [6.07, 6.45) is 4.26. The van der Waals surface area contributed by atoms with Crippen LogP contribution >= 0.6 is 0 Å². The standard InChI is InChI=1S/C22H25N3O2/c26-21(25-14-11-17-7-2-3-10-20(17)25)16-23-19-9-6-8-18(15-19)22(27)24-12-4-1-5-13-24/h2-3,6-10,15,23H,1,4-5,11-14,16H2. The first-order valence-corrected chi connectivity index (χ1v) is 9.74. The Morgan fingerprint density at radius 3 is 2.59 bits per heavy atom. The van der Waals surface area contributed by atoms with Crippen molar-refractivity contribution in [1.82, 2.24) is 4.90 Å². The number of likely N-dealkylation sites (tertiary alicyclic amines) is 1. The van der Waals surface area contributed by atoms with Crippen molar-refractivity contribution in [3.63, 3.8) is 0 Å². The van der Waals surface area contributed by atoms with Gasteiger partial charge in [0, 0.05) is 36.6 Å². The molecule has 0 bridgehead atoms. The molecule has 2 heterocycles. The van der Waals surface area contributed by atoms with Gasteiger partial charge in [-0.05, 0) is 55.5 Å². The number of anilines is 2. The molecule has 1 N–H and O–H groups in total. The maximum absolute atomic E-state index is 12.7. The maximum Gasteiger partial charge on any atom is 0.253 e. The Bertz CT molecular complexity index is 843. The fourth-order valence-electron chi connectivity index (χ4n) is 3.91. The lowest BCUT2D eigenvalue weighted by atomic mass is 10.1. The van der Waals surface area contributed by atoms with Crippen molar-refractivity contribution in [2.24, 2.45) is 0 Å². The molecule has 2 amide bonds. The Hall–Kier alpha value is -2.82. The highest BCUT2D eigenvalue weighted by Crippen LogP contribution is 2.27. The highest BCUT2D eigenvalue weighted by Gasteiger charge is 2.24. The molecule has 140 valence electrons. The maximum atomic E-state index is 12.7. The lowest BCUT2D eigenvalue weighted by molar-refractivity contribution is -0.116. The zero-order chi connectivity index (χ0) is 18.6. The SMILES string of the molecule is O=C(c1cccc(NCC(=O)N2CCc3ccccc32)c1)N1CCCCC1. The number of hydrogen-bond acceptors (Lipinski definition) is 3. The van der Waals surface area contributed by atoms with Gasteiger partial charge in [0.1, 0.15) is 0 Å². The molecule has 0 unspecified atom stereocenters. The molecule has 1 fully saturated rings. The van der Waals surface area contributed by atoms with E-state index < -0.39 is 0 Å². The van der Waals surface area contributed by atoms with Crippen LogP contribution in [0.3, 0.4) is 0 Å². The number of piperidine rings is 1. The average molecular weight is 363 g/mol. The van der Waals surface area contributed by atoms with Crippen LogP contribution in [-0.4, -0.2) is 42.9 Å². The Morgan fingerprint density at radius 2 is 1.74 bits per heavy atom. The van der Waals surface area contributed by atoms with Gasteiger partial charge in [-0.2, -0.15) is 0 Å². The third-order valence-corrected chi connectivity index (χ3v) is 5.38. The van der Waals surface area contributed by atoms with E-state index in [0.29, 0.717) is 5.56 Å². The van der Waals surface area contributed by atoms with Crippen LogP contribution in [0.25, 0.3) is 0 Å². The summed E-state index contributed by atoms with van der Waals surface area (Å²) in [5.41, 5.74) is 3.72. The number of nitrogens with zero attached hydrogens (tertiary/aromatic N) is 2. The number of rotatable bonds is 4. The predicted octanol–water partition coefficient (Wildman–Crippen LogP) is 3.31. The predicted molar refractivity (Wildman–Crippen MR) is 107 cm³/mol. The van der Waals surface area contributed by atoms with E-state index in [1.807, 2.05) is 52.3 Å². The molecule has 27 heavy (non-hydrogen) atoms. The van der Waals surface area contributed by atoms with Crippen LogP contribution in [0.4, 0.5) is 11.4 Å². The third kappa shape index (κ3) is 3.82. The van der Waals surface area contributed by atoms with Crippen molar-refractivity contribution in [3.05, 3.63) is 59.7 Å². The lowest BCUT2D eigenvalue weighted by Gasteiger charge is -2.26. The van der Waals surface area contributed by atoms with Crippen molar-refractivity contribution < 1.29 is 9.59 Å². The van der Waals surface area contributed by atoms with Crippen LogP contribution < -0.4 is 10.2 Å². The summed E-state index contributed by atoms with van der Waals surface area (Å²) >= 11 is 0. The highest BCUT2D eigenvalue weighted by atomic mass is 16.2. The van der Waals surface area contributed by atoms with Crippen LogP contribution in [-0.2, 0) is 11.2 Å². The van der Waals surface area contributed by atoms with Gasteiger partial charge >= 0.3 is 0 Å². The van der Waals surface area contributed by atoms with Crippen molar-refractivity contribution in [1.29, 1.82) is 0 Å².